The first-order valence-electron chi connectivity index (χ1n) is 6.29. The molecule has 20 heavy (non-hydrogen) atoms. The van der Waals surface area contributed by atoms with Crippen LogP contribution < -0.4 is 10.5 Å². The van der Waals surface area contributed by atoms with Crippen molar-refractivity contribution in [2.24, 2.45) is 5.73 Å². The Kier molecular flexibility index (Phi) is 4.62. The Labute approximate surface area is 123 Å². The fraction of sp³-hybridized carbons (Fsp3) is 0.188. The molecule has 0 spiro atoms. The minimum Gasteiger partial charge on any atom is -0.456 e. The molecule has 0 amide bonds. The van der Waals surface area contributed by atoms with Crippen molar-refractivity contribution >= 4 is 11.6 Å². The Hall–Kier alpha value is -2.02. The van der Waals surface area contributed by atoms with Gasteiger partial charge in [0.1, 0.15) is 11.5 Å². The first kappa shape index (κ1) is 14.4. The van der Waals surface area contributed by atoms with Gasteiger partial charge in [0.2, 0.25) is 0 Å². The molecule has 0 radical (unpaired) electrons. The van der Waals surface area contributed by atoms with Gasteiger partial charge in [-0.05, 0) is 42.3 Å². The number of nitriles is 1. The lowest BCUT2D eigenvalue weighted by Crippen LogP contribution is -2.04. The molecule has 0 aromatic heterocycles. The van der Waals surface area contributed by atoms with Gasteiger partial charge in [0.15, 0.2) is 0 Å². The zero-order chi connectivity index (χ0) is 14.5. The van der Waals surface area contributed by atoms with E-state index in [-0.39, 0.29) is 6.04 Å². The molecule has 4 heteroatoms. The van der Waals surface area contributed by atoms with Crippen LogP contribution in [0.4, 0.5) is 0 Å². The molecule has 0 saturated heterocycles. The van der Waals surface area contributed by atoms with Crippen LogP contribution in [0.5, 0.6) is 11.5 Å². The molecule has 0 unspecified atom stereocenters. The highest BCUT2D eigenvalue weighted by Gasteiger charge is 2.07. The van der Waals surface area contributed by atoms with E-state index in [0.29, 0.717) is 22.9 Å². The molecule has 2 aromatic carbocycles. The van der Waals surface area contributed by atoms with E-state index < -0.39 is 0 Å². The number of halogens is 1. The first-order chi connectivity index (χ1) is 9.60. The van der Waals surface area contributed by atoms with Crippen molar-refractivity contribution in [3.8, 4) is 17.6 Å². The monoisotopic (exact) mass is 286 g/mol. The van der Waals surface area contributed by atoms with Crippen LogP contribution >= 0.6 is 11.6 Å². The summed E-state index contributed by atoms with van der Waals surface area (Å²) in [6, 6.07) is 14.9. The molecular formula is C16H15ClN2O. The molecule has 0 fully saturated rings. The van der Waals surface area contributed by atoms with E-state index in [1.165, 1.54) is 0 Å². The number of hydrogen-bond donors (Lipinski definition) is 1. The smallest absolute Gasteiger partial charge is 0.146 e. The fourth-order valence-corrected chi connectivity index (χ4v) is 2.00. The van der Waals surface area contributed by atoms with E-state index in [9.17, 15) is 0 Å². The summed E-state index contributed by atoms with van der Waals surface area (Å²) in [6.07, 6.45) is 0.393. The van der Waals surface area contributed by atoms with Crippen LogP contribution in [-0.2, 0) is 6.42 Å². The Morgan fingerprint density at radius 2 is 1.95 bits per heavy atom. The highest BCUT2D eigenvalue weighted by atomic mass is 35.5. The summed E-state index contributed by atoms with van der Waals surface area (Å²) >= 11 is 6.18. The Balaban J connectivity index is 2.15. The number of ether oxygens (including phenoxy) is 1. The predicted octanol–water partition coefficient (Wildman–Crippen LogP) is 4.22. The van der Waals surface area contributed by atoms with Crippen molar-refractivity contribution in [2.75, 3.05) is 0 Å². The molecule has 0 aliphatic rings. The largest absolute Gasteiger partial charge is 0.456 e. The standard InChI is InChI=1S/C16H15ClN2O/c1-11(19)13-4-7-16(15(17)10-13)20-14-5-2-12(3-6-14)8-9-18/h2-7,10-11H,8,19H2,1H3/t11-/m0/s1. The van der Waals surface area contributed by atoms with Gasteiger partial charge in [-0.15, -0.1) is 0 Å². The van der Waals surface area contributed by atoms with Gasteiger partial charge in [0.05, 0.1) is 17.5 Å². The molecule has 0 bridgehead atoms. The second-order valence-corrected chi connectivity index (χ2v) is 4.97. The van der Waals surface area contributed by atoms with Crippen molar-refractivity contribution in [1.29, 1.82) is 5.26 Å². The molecule has 0 saturated carbocycles. The van der Waals surface area contributed by atoms with Gasteiger partial charge < -0.3 is 10.5 Å². The summed E-state index contributed by atoms with van der Waals surface area (Å²) in [6.45, 7) is 1.90. The van der Waals surface area contributed by atoms with Crippen molar-refractivity contribution in [2.45, 2.75) is 19.4 Å². The molecule has 1 atom stereocenters. The number of nitrogens with zero attached hydrogens (tertiary/aromatic N) is 1. The Morgan fingerprint density at radius 1 is 1.25 bits per heavy atom. The van der Waals surface area contributed by atoms with Gasteiger partial charge in [-0.1, -0.05) is 29.8 Å². The zero-order valence-electron chi connectivity index (χ0n) is 11.1. The lowest BCUT2D eigenvalue weighted by atomic mass is 10.1. The topological polar surface area (TPSA) is 59.0 Å². The molecular weight excluding hydrogens is 272 g/mol. The second kappa shape index (κ2) is 6.42. The molecule has 2 N–H and O–H groups in total. The molecule has 2 rings (SSSR count). The highest BCUT2D eigenvalue weighted by molar-refractivity contribution is 6.32. The van der Waals surface area contributed by atoms with Crippen molar-refractivity contribution in [3.63, 3.8) is 0 Å². The van der Waals surface area contributed by atoms with Crippen LogP contribution in [0, 0.1) is 11.3 Å². The molecule has 3 nitrogen and oxygen atoms in total. The quantitative estimate of drug-likeness (QED) is 0.915. The van der Waals surface area contributed by atoms with Gasteiger partial charge in [-0.3, -0.25) is 0 Å². The molecule has 0 aliphatic heterocycles. The molecule has 2 aromatic rings. The van der Waals surface area contributed by atoms with Crippen LogP contribution in [0.25, 0.3) is 0 Å². The minimum atomic E-state index is -0.0631. The Morgan fingerprint density at radius 3 is 2.50 bits per heavy atom. The van der Waals surface area contributed by atoms with E-state index >= 15 is 0 Å². The SMILES string of the molecule is C[C@H](N)c1ccc(Oc2ccc(CC#N)cc2)c(Cl)c1. The first-order valence-corrected chi connectivity index (χ1v) is 6.66. The maximum Gasteiger partial charge on any atom is 0.146 e. The minimum absolute atomic E-state index is 0.0631. The van der Waals surface area contributed by atoms with Crippen LogP contribution in [0.3, 0.4) is 0 Å². The summed E-state index contributed by atoms with van der Waals surface area (Å²) in [5, 5.41) is 9.15. The zero-order valence-corrected chi connectivity index (χ0v) is 11.9. The van der Waals surface area contributed by atoms with Crippen LogP contribution in [0.2, 0.25) is 5.02 Å². The summed E-state index contributed by atoms with van der Waals surface area (Å²) in [7, 11) is 0. The second-order valence-electron chi connectivity index (χ2n) is 4.56. The Bertz CT molecular complexity index is 630. The highest BCUT2D eigenvalue weighted by Crippen LogP contribution is 2.31. The number of rotatable bonds is 4. The fourth-order valence-electron chi connectivity index (χ4n) is 1.78. The average Bonchev–Trinajstić information content (AvgIpc) is 2.43. The van der Waals surface area contributed by atoms with E-state index in [2.05, 4.69) is 6.07 Å². The predicted molar refractivity (Wildman–Crippen MR) is 79.9 cm³/mol. The number of benzene rings is 2. The van der Waals surface area contributed by atoms with E-state index in [1.54, 1.807) is 0 Å². The summed E-state index contributed by atoms with van der Waals surface area (Å²) in [5.74, 6) is 1.27. The average molecular weight is 287 g/mol. The number of hydrogen-bond acceptors (Lipinski definition) is 3. The van der Waals surface area contributed by atoms with Gasteiger partial charge in [-0.25, -0.2) is 0 Å². The summed E-state index contributed by atoms with van der Waals surface area (Å²) < 4.78 is 5.72. The van der Waals surface area contributed by atoms with Gasteiger partial charge >= 0.3 is 0 Å². The third kappa shape index (κ3) is 3.51. The maximum absolute atomic E-state index is 8.62. The third-order valence-corrected chi connectivity index (χ3v) is 3.21. The third-order valence-electron chi connectivity index (χ3n) is 2.92. The number of nitrogens with two attached hydrogens (primary N) is 1. The molecule has 0 heterocycles. The van der Waals surface area contributed by atoms with Gasteiger partial charge in [0, 0.05) is 6.04 Å². The maximum atomic E-state index is 8.62. The van der Waals surface area contributed by atoms with Crippen molar-refractivity contribution in [1.82, 2.24) is 0 Å². The lowest BCUT2D eigenvalue weighted by molar-refractivity contribution is 0.482. The molecule has 0 aliphatic carbocycles. The van der Waals surface area contributed by atoms with Crippen LogP contribution in [0.1, 0.15) is 24.1 Å². The lowest BCUT2D eigenvalue weighted by Gasteiger charge is -2.11. The van der Waals surface area contributed by atoms with E-state index in [0.717, 1.165) is 11.1 Å². The van der Waals surface area contributed by atoms with E-state index in [1.807, 2.05) is 49.4 Å². The van der Waals surface area contributed by atoms with Crippen molar-refractivity contribution < 1.29 is 4.74 Å². The van der Waals surface area contributed by atoms with E-state index in [4.69, 9.17) is 27.3 Å². The van der Waals surface area contributed by atoms with Gasteiger partial charge in [-0.2, -0.15) is 5.26 Å². The van der Waals surface area contributed by atoms with Crippen LogP contribution in [0.15, 0.2) is 42.5 Å². The molecule has 102 valence electrons. The summed E-state index contributed by atoms with van der Waals surface area (Å²) in [4.78, 5) is 0. The van der Waals surface area contributed by atoms with Crippen LogP contribution in [-0.4, -0.2) is 0 Å². The normalized spacial score (nSPS) is 11.7. The van der Waals surface area contributed by atoms with Gasteiger partial charge in [0.25, 0.3) is 0 Å². The van der Waals surface area contributed by atoms with Crippen molar-refractivity contribution in [3.05, 3.63) is 58.6 Å². The summed E-state index contributed by atoms with van der Waals surface area (Å²) in [5.41, 5.74) is 7.73.